The van der Waals surface area contributed by atoms with Crippen molar-refractivity contribution in [2.75, 3.05) is 37.0 Å². The van der Waals surface area contributed by atoms with Crippen molar-refractivity contribution in [1.82, 2.24) is 4.57 Å². The van der Waals surface area contributed by atoms with Crippen LogP contribution in [-0.4, -0.2) is 46.8 Å². The summed E-state index contributed by atoms with van der Waals surface area (Å²) in [6.45, 7) is 2.18. The molecule has 7 heteroatoms. The van der Waals surface area contributed by atoms with Crippen LogP contribution >= 0.6 is 11.8 Å². The van der Waals surface area contributed by atoms with Gasteiger partial charge in [-0.3, -0.25) is 0 Å². The van der Waals surface area contributed by atoms with Crippen LogP contribution in [0.15, 0.2) is 66.3 Å². The number of pyridine rings is 1. The second-order valence-corrected chi connectivity index (χ2v) is 8.80. The molecule has 32 heavy (non-hydrogen) atoms. The first-order chi connectivity index (χ1) is 15.6. The standard InChI is InChI=1S/C25H34N4O2S/c1-26-15-16-27(2)25(26)32-21-3-12-28-13-10-23(11-14-28)5-4-22-6-8-24(9-7-22)29(17-19-30)18-20-31/h4-11,13-16,30-31H,3,12,17-21H2,1-2H3/q+2. The molecule has 0 fully saturated rings. The van der Waals surface area contributed by atoms with Gasteiger partial charge in [0.1, 0.15) is 18.9 Å². The number of anilines is 1. The van der Waals surface area contributed by atoms with E-state index >= 15 is 0 Å². The predicted molar refractivity (Wildman–Crippen MR) is 130 cm³/mol. The van der Waals surface area contributed by atoms with E-state index in [2.05, 4.69) is 89.0 Å². The molecule has 3 aromatic rings. The molecule has 170 valence electrons. The van der Waals surface area contributed by atoms with Crippen LogP contribution in [0.2, 0.25) is 0 Å². The Kier molecular flexibility index (Phi) is 9.34. The summed E-state index contributed by atoms with van der Waals surface area (Å²) >= 11 is 1.89. The molecule has 0 saturated carbocycles. The van der Waals surface area contributed by atoms with Gasteiger partial charge in [0, 0.05) is 43.1 Å². The van der Waals surface area contributed by atoms with Gasteiger partial charge in [-0.1, -0.05) is 24.3 Å². The minimum Gasteiger partial charge on any atom is -0.395 e. The van der Waals surface area contributed by atoms with Gasteiger partial charge in [0.05, 0.1) is 27.3 Å². The normalized spacial score (nSPS) is 11.4. The van der Waals surface area contributed by atoms with Gasteiger partial charge in [-0.05, 0) is 35.0 Å². The Bertz CT molecular complexity index is 959. The second kappa shape index (κ2) is 12.4. The van der Waals surface area contributed by atoms with Crippen LogP contribution in [0, 0.1) is 0 Å². The van der Waals surface area contributed by atoms with Crippen LogP contribution in [0.4, 0.5) is 5.69 Å². The van der Waals surface area contributed by atoms with E-state index in [1.807, 2.05) is 28.8 Å². The molecule has 0 bridgehead atoms. The van der Waals surface area contributed by atoms with Crippen LogP contribution in [0.5, 0.6) is 0 Å². The van der Waals surface area contributed by atoms with Crippen LogP contribution in [0.25, 0.3) is 12.2 Å². The summed E-state index contributed by atoms with van der Waals surface area (Å²) in [4.78, 5) is 1.97. The van der Waals surface area contributed by atoms with E-state index in [1.165, 1.54) is 5.16 Å². The lowest BCUT2D eigenvalue weighted by Gasteiger charge is -2.22. The maximum absolute atomic E-state index is 9.19. The number of thioether (sulfide) groups is 1. The van der Waals surface area contributed by atoms with Gasteiger partial charge in [0.2, 0.25) is 0 Å². The lowest BCUT2D eigenvalue weighted by molar-refractivity contribution is -0.709. The van der Waals surface area contributed by atoms with Gasteiger partial charge in [-0.2, -0.15) is 0 Å². The Labute approximate surface area is 195 Å². The minimum atomic E-state index is 0.0696. The molecule has 0 spiro atoms. The van der Waals surface area contributed by atoms with E-state index in [1.54, 1.807) is 0 Å². The highest BCUT2D eigenvalue weighted by Crippen LogP contribution is 2.17. The Hall–Kier alpha value is -2.61. The zero-order valence-corrected chi connectivity index (χ0v) is 19.8. The third-order valence-electron chi connectivity index (χ3n) is 5.29. The van der Waals surface area contributed by atoms with Crippen molar-refractivity contribution in [3.8, 4) is 0 Å². The monoisotopic (exact) mass is 454 g/mol. The molecule has 0 aliphatic heterocycles. The maximum atomic E-state index is 9.19. The number of aryl methyl sites for hydroxylation is 3. The molecule has 0 radical (unpaired) electrons. The molecule has 0 saturated heterocycles. The fourth-order valence-electron chi connectivity index (χ4n) is 3.52. The summed E-state index contributed by atoms with van der Waals surface area (Å²) < 4.78 is 6.55. The van der Waals surface area contributed by atoms with E-state index < -0.39 is 0 Å². The van der Waals surface area contributed by atoms with Gasteiger partial charge < -0.3 is 15.1 Å². The van der Waals surface area contributed by atoms with Crippen LogP contribution in [0.3, 0.4) is 0 Å². The first-order valence-electron chi connectivity index (χ1n) is 11.0. The molecule has 0 atom stereocenters. The summed E-state index contributed by atoms with van der Waals surface area (Å²) in [6, 6.07) is 12.4. The fourth-order valence-corrected chi connectivity index (χ4v) is 4.50. The summed E-state index contributed by atoms with van der Waals surface area (Å²) in [5, 5.41) is 19.7. The van der Waals surface area contributed by atoms with Gasteiger partial charge in [-0.25, -0.2) is 13.7 Å². The molecule has 0 aliphatic carbocycles. The van der Waals surface area contributed by atoms with Crippen molar-refractivity contribution in [1.29, 1.82) is 0 Å². The van der Waals surface area contributed by atoms with Gasteiger partial charge in [-0.15, -0.1) is 0 Å². The van der Waals surface area contributed by atoms with E-state index in [9.17, 15) is 10.2 Å². The van der Waals surface area contributed by atoms with E-state index in [4.69, 9.17) is 0 Å². The van der Waals surface area contributed by atoms with E-state index in [-0.39, 0.29) is 13.2 Å². The second-order valence-electron chi connectivity index (χ2n) is 7.73. The SMILES string of the molecule is Cn1cc[n+](C)c1SCCC[n+]1ccc(/C=C/c2ccc(N(CCO)CCO)cc2)cc1. The molecule has 6 nitrogen and oxygen atoms in total. The van der Waals surface area contributed by atoms with Crippen molar-refractivity contribution < 1.29 is 19.3 Å². The average Bonchev–Trinajstić information content (AvgIpc) is 3.13. The summed E-state index contributed by atoms with van der Waals surface area (Å²) in [5.41, 5.74) is 3.28. The van der Waals surface area contributed by atoms with E-state index in [0.717, 1.165) is 35.5 Å². The molecular weight excluding hydrogens is 420 g/mol. The Balaban J connectivity index is 1.48. The molecule has 2 aromatic heterocycles. The lowest BCUT2D eigenvalue weighted by Crippen LogP contribution is -2.33. The van der Waals surface area contributed by atoms with Gasteiger partial charge in [0.25, 0.3) is 0 Å². The quantitative estimate of drug-likeness (QED) is 0.251. The summed E-state index contributed by atoms with van der Waals surface area (Å²) in [6.07, 6.45) is 13.8. The van der Waals surface area contributed by atoms with Gasteiger partial charge >= 0.3 is 5.16 Å². The van der Waals surface area contributed by atoms with Crippen molar-refractivity contribution in [2.24, 2.45) is 14.1 Å². The highest BCUT2D eigenvalue weighted by atomic mass is 32.2. The topological polar surface area (TPSA) is 56.4 Å². The Morgan fingerprint density at radius 3 is 2.12 bits per heavy atom. The zero-order valence-electron chi connectivity index (χ0n) is 19.0. The molecule has 3 rings (SSSR count). The number of imidazole rings is 1. The lowest BCUT2D eigenvalue weighted by atomic mass is 10.1. The third-order valence-corrected chi connectivity index (χ3v) is 6.62. The van der Waals surface area contributed by atoms with Crippen LogP contribution in [0.1, 0.15) is 17.5 Å². The smallest absolute Gasteiger partial charge is 0.317 e. The molecule has 1 aromatic carbocycles. The maximum Gasteiger partial charge on any atom is 0.317 e. The number of benzene rings is 1. The number of hydrogen-bond acceptors (Lipinski definition) is 4. The fraction of sp³-hybridized carbons (Fsp3) is 0.360. The number of aromatic nitrogens is 3. The summed E-state index contributed by atoms with van der Waals surface area (Å²) in [5.74, 6) is 1.09. The third kappa shape index (κ3) is 6.95. The summed E-state index contributed by atoms with van der Waals surface area (Å²) in [7, 11) is 4.17. The molecule has 0 unspecified atom stereocenters. The highest BCUT2D eigenvalue weighted by Gasteiger charge is 2.12. The molecular formula is C25H34N4O2S+2. The number of hydrogen-bond donors (Lipinski definition) is 2. The van der Waals surface area contributed by atoms with Crippen molar-refractivity contribution in [2.45, 2.75) is 18.1 Å². The van der Waals surface area contributed by atoms with E-state index in [0.29, 0.717) is 13.1 Å². The first kappa shape index (κ1) is 24.0. The van der Waals surface area contributed by atoms with Gasteiger partial charge in [0.15, 0.2) is 12.4 Å². The number of rotatable bonds is 12. The molecule has 2 heterocycles. The number of aliphatic hydroxyl groups excluding tert-OH is 2. The van der Waals surface area contributed by atoms with Crippen molar-refractivity contribution >= 4 is 29.6 Å². The first-order valence-corrected chi connectivity index (χ1v) is 12.0. The molecule has 2 N–H and O–H groups in total. The number of aliphatic hydroxyl groups is 2. The zero-order chi connectivity index (χ0) is 22.8. The van der Waals surface area contributed by atoms with Crippen molar-refractivity contribution in [3.63, 3.8) is 0 Å². The number of nitrogens with zero attached hydrogens (tertiary/aromatic N) is 4. The molecule has 0 aliphatic rings. The van der Waals surface area contributed by atoms with Crippen LogP contribution in [-0.2, 0) is 20.6 Å². The average molecular weight is 455 g/mol. The largest absolute Gasteiger partial charge is 0.395 e. The predicted octanol–water partition coefficient (Wildman–Crippen LogP) is 2.28. The van der Waals surface area contributed by atoms with Crippen molar-refractivity contribution in [3.05, 3.63) is 72.3 Å². The highest BCUT2D eigenvalue weighted by molar-refractivity contribution is 7.99. The Morgan fingerprint density at radius 2 is 1.56 bits per heavy atom. The molecule has 0 amide bonds. The van der Waals surface area contributed by atoms with Crippen LogP contribution < -0.4 is 14.0 Å². The Morgan fingerprint density at radius 1 is 0.938 bits per heavy atom. The minimum absolute atomic E-state index is 0.0696.